The molecule has 0 saturated heterocycles. The molecule has 0 saturated carbocycles. The molecule has 1 aromatic carbocycles. The molecule has 0 aliphatic carbocycles. The zero-order chi connectivity index (χ0) is 14.1. The summed E-state index contributed by atoms with van der Waals surface area (Å²) in [5.41, 5.74) is -0.892. The molecule has 0 spiro atoms. The summed E-state index contributed by atoms with van der Waals surface area (Å²) in [4.78, 5) is 8.86. The number of alkyl halides is 2. The molecule has 0 unspecified atom stereocenters. The van der Waals surface area contributed by atoms with Crippen molar-refractivity contribution in [1.82, 2.24) is 0 Å². The Morgan fingerprint density at radius 3 is 2.39 bits per heavy atom. The van der Waals surface area contributed by atoms with E-state index in [-0.39, 0.29) is 5.56 Å². The Bertz CT molecular complexity index is 589. The third-order valence-corrected chi connectivity index (χ3v) is 3.29. The monoisotopic (exact) mass is 301 g/mol. The van der Waals surface area contributed by atoms with Crippen molar-refractivity contribution in [2.24, 2.45) is 0 Å². The van der Waals surface area contributed by atoms with E-state index in [4.69, 9.17) is 10.7 Å². The van der Waals surface area contributed by atoms with E-state index in [0.717, 1.165) is 12.1 Å². The maximum Gasteiger partial charge on any atom is 0.387 e. The van der Waals surface area contributed by atoms with Crippen molar-refractivity contribution >= 4 is 25.4 Å². The van der Waals surface area contributed by atoms with Crippen LogP contribution in [-0.2, 0) is 9.05 Å². The molecule has 0 N–H and O–H groups in total. The van der Waals surface area contributed by atoms with Crippen molar-refractivity contribution in [2.45, 2.75) is 18.4 Å². The number of halogens is 3. The normalized spacial score (nSPS) is 11.6. The first-order valence-corrected chi connectivity index (χ1v) is 6.63. The van der Waals surface area contributed by atoms with E-state index in [1.807, 2.05) is 0 Å². The summed E-state index contributed by atoms with van der Waals surface area (Å²) in [5, 5.41) is 10.7. The van der Waals surface area contributed by atoms with Gasteiger partial charge in [-0.05, 0) is 13.0 Å². The summed E-state index contributed by atoms with van der Waals surface area (Å²) in [5.74, 6) is -1.06. The van der Waals surface area contributed by atoms with Gasteiger partial charge in [-0.3, -0.25) is 10.1 Å². The minimum atomic E-state index is -4.44. The summed E-state index contributed by atoms with van der Waals surface area (Å²) in [7, 11) is 0.558. The zero-order valence-corrected chi connectivity index (χ0v) is 10.3. The number of aryl methyl sites for hydroxylation is 1. The van der Waals surface area contributed by atoms with Crippen molar-refractivity contribution in [3.63, 3.8) is 0 Å². The number of nitrogens with zero attached hydrogens (tertiary/aromatic N) is 1. The Hall–Kier alpha value is -1.48. The highest BCUT2D eigenvalue weighted by atomic mass is 35.7. The van der Waals surface area contributed by atoms with Gasteiger partial charge < -0.3 is 4.74 Å². The van der Waals surface area contributed by atoms with Crippen LogP contribution in [0.4, 0.5) is 14.5 Å². The van der Waals surface area contributed by atoms with Crippen LogP contribution in [-0.4, -0.2) is 20.0 Å². The highest BCUT2D eigenvalue weighted by Crippen LogP contribution is 2.39. The molecule has 10 heteroatoms. The second kappa shape index (κ2) is 5.02. The van der Waals surface area contributed by atoms with Crippen LogP contribution in [0.15, 0.2) is 17.0 Å². The lowest BCUT2D eigenvalue weighted by atomic mass is 10.2. The zero-order valence-electron chi connectivity index (χ0n) is 8.76. The number of nitro benzene ring substituents is 1. The average Bonchev–Trinajstić information content (AvgIpc) is 2.13. The van der Waals surface area contributed by atoms with Crippen LogP contribution in [0.5, 0.6) is 5.75 Å². The maximum atomic E-state index is 12.2. The molecular formula is C8H6ClF2NO5S. The number of ether oxygens (including phenoxy) is 1. The van der Waals surface area contributed by atoms with Crippen molar-refractivity contribution in [3.8, 4) is 5.75 Å². The van der Waals surface area contributed by atoms with E-state index in [9.17, 15) is 27.3 Å². The summed E-state index contributed by atoms with van der Waals surface area (Å²) in [6.45, 7) is -2.16. The van der Waals surface area contributed by atoms with Gasteiger partial charge in [0.1, 0.15) is 4.90 Å². The van der Waals surface area contributed by atoms with Gasteiger partial charge in [0.25, 0.3) is 9.05 Å². The fraction of sp³-hybridized carbons (Fsp3) is 0.250. The number of rotatable bonds is 4. The molecule has 100 valence electrons. The highest BCUT2D eigenvalue weighted by molar-refractivity contribution is 8.13. The van der Waals surface area contributed by atoms with Crippen LogP contribution in [0, 0.1) is 17.0 Å². The third kappa shape index (κ3) is 3.05. The van der Waals surface area contributed by atoms with Gasteiger partial charge >= 0.3 is 12.3 Å². The van der Waals surface area contributed by atoms with Crippen LogP contribution >= 0.6 is 10.7 Å². The molecule has 6 nitrogen and oxygen atoms in total. The molecule has 0 fully saturated rings. The predicted octanol–water partition coefficient (Wildman–Crippen LogP) is 2.43. The molecule has 0 aromatic heterocycles. The molecule has 1 aromatic rings. The van der Waals surface area contributed by atoms with E-state index in [0.29, 0.717) is 0 Å². The molecule has 0 atom stereocenters. The van der Waals surface area contributed by atoms with Gasteiger partial charge in [-0.15, -0.1) is 0 Å². The van der Waals surface area contributed by atoms with Crippen molar-refractivity contribution < 1.29 is 26.9 Å². The average molecular weight is 302 g/mol. The molecule has 0 heterocycles. The standard InChI is InChI=1S/C8H6ClF2NO5S/c1-4-2-3-5(18(9,15)16)7(17-8(10)11)6(4)12(13)14/h2-3,8H,1H3. The highest BCUT2D eigenvalue weighted by Gasteiger charge is 2.30. The van der Waals surface area contributed by atoms with Gasteiger partial charge in [-0.2, -0.15) is 8.78 Å². The van der Waals surface area contributed by atoms with Crippen LogP contribution in [0.3, 0.4) is 0 Å². The lowest BCUT2D eigenvalue weighted by Crippen LogP contribution is -2.09. The first-order chi connectivity index (χ1) is 8.14. The Balaban J connectivity index is 3.65. The van der Waals surface area contributed by atoms with E-state index in [2.05, 4.69) is 4.74 Å². The number of nitro groups is 1. The SMILES string of the molecule is Cc1ccc(S(=O)(=O)Cl)c(OC(F)F)c1[N+](=O)[O-]. The molecule has 0 amide bonds. The summed E-state index contributed by atoms with van der Waals surface area (Å²) >= 11 is 0. The number of hydrogen-bond donors (Lipinski definition) is 0. The predicted molar refractivity (Wildman–Crippen MR) is 57.5 cm³/mol. The Morgan fingerprint density at radius 2 is 2.00 bits per heavy atom. The third-order valence-electron chi connectivity index (χ3n) is 1.95. The second-order valence-electron chi connectivity index (χ2n) is 3.13. The van der Waals surface area contributed by atoms with E-state index >= 15 is 0 Å². The van der Waals surface area contributed by atoms with Gasteiger partial charge in [0.15, 0.2) is 0 Å². The van der Waals surface area contributed by atoms with Crippen LogP contribution in [0.1, 0.15) is 5.56 Å². The first-order valence-electron chi connectivity index (χ1n) is 4.32. The molecule has 18 heavy (non-hydrogen) atoms. The lowest BCUT2D eigenvalue weighted by molar-refractivity contribution is -0.387. The molecule has 0 bridgehead atoms. The Morgan fingerprint density at radius 1 is 1.44 bits per heavy atom. The van der Waals surface area contributed by atoms with Crippen LogP contribution < -0.4 is 4.74 Å². The summed E-state index contributed by atoms with van der Waals surface area (Å²) < 4.78 is 50.5. The minimum Gasteiger partial charge on any atom is -0.426 e. The van der Waals surface area contributed by atoms with Crippen LogP contribution in [0.25, 0.3) is 0 Å². The fourth-order valence-corrected chi connectivity index (χ4v) is 2.23. The molecular weight excluding hydrogens is 296 g/mol. The second-order valence-corrected chi connectivity index (χ2v) is 5.67. The fourth-order valence-electron chi connectivity index (χ4n) is 1.27. The van der Waals surface area contributed by atoms with Crippen molar-refractivity contribution in [2.75, 3.05) is 0 Å². The van der Waals surface area contributed by atoms with Gasteiger partial charge in [0.2, 0.25) is 5.75 Å². The molecule has 1 rings (SSSR count). The topological polar surface area (TPSA) is 86.5 Å². The van der Waals surface area contributed by atoms with Crippen molar-refractivity contribution in [1.29, 1.82) is 0 Å². The minimum absolute atomic E-state index is 0.0280. The lowest BCUT2D eigenvalue weighted by Gasteiger charge is -2.10. The first kappa shape index (κ1) is 14.6. The largest absolute Gasteiger partial charge is 0.426 e. The summed E-state index contributed by atoms with van der Waals surface area (Å²) in [6.07, 6.45) is 0. The van der Waals surface area contributed by atoms with E-state index in [1.165, 1.54) is 6.92 Å². The Kier molecular flexibility index (Phi) is 4.07. The van der Waals surface area contributed by atoms with Crippen LogP contribution in [0.2, 0.25) is 0 Å². The Labute approximate surface area is 105 Å². The number of benzene rings is 1. The van der Waals surface area contributed by atoms with E-state index < -0.39 is 36.9 Å². The number of hydrogen-bond acceptors (Lipinski definition) is 5. The van der Waals surface area contributed by atoms with Crippen molar-refractivity contribution in [3.05, 3.63) is 27.8 Å². The smallest absolute Gasteiger partial charge is 0.387 e. The maximum absolute atomic E-state index is 12.2. The van der Waals surface area contributed by atoms with Gasteiger partial charge in [0.05, 0.1) is 4.92 Å². The molecule has 0 aliphatic rings. The van der Waals surface area contributed by atoms with E-state index in [1.54, 1.807) is 0 Å². The van der Waals surface area contributed by atoms with Gasteiger partial charge in [-0.25, -0.2) is 8.42 Å². The van der Waals surface area contributed by atoms with Gasteiger partial charge in [-0.1, -0.05) is 6.07 Å². The molecule has 0 aliphatic heterocycles. The van der Waals surface area contributed by atoms with Gasteiger partial charge in [0, 0.05) is 16.2 Å². The molecule has 0 radical (unpaired) electrons. The quantitative estimate of drug-likeness (QED) is 0.484. The summed E-state index contributed by atoms with van der Waals surface area (Å²) in [6, 6.07) is 1.94.